The molecule has 0 radical (unpaired) electrons. The summed E-state index contributed by atoms with van der Waals surface area (Å²) in [5.74, 6) is 0. The summed E-state index contributed by atoms with van der Waals surface area (Å²) in [6.07, 6.45) is 5.14. The molecule has 88 valence electrons. The molecule has 0 amide bonds. The van der Waals surface area contributed by atoms with Crippen molar-refractivity contribution >= 4 is 5.69 Å². The smallest absolute Gasteiger partial charge is 0.115 e. The molecule has 0 spiro atoms. The molecule has 4 nitrogen and oxygen atoms in total. The molecule has 0 aliphatic heterocycles. The van der Waals surface area contributed by atoms with Crippen LogP contribution >= 0.6 is 0 Å². The maximum atomic E-state index is 5.16. The van der Waals surface area contributed by atoms with Crippen molar-refractivity contribution in [2.24, 2.45) is 0 Å². The van der Waals surface area contributed by atoms with E-state index in [1.54, 1.807) is 19.5 Å². The van der Waals surface area contributed by atoms with E-state index in [1.165, 1.54) is 6.33 Å². The molecule has 0 aliphatic rings. The highest BCUT2D eigenvalue weighted by Gasteiger charge is 2.00. The van der Waals surface area contributed by atoms with Crippen molar-refractivity contribution in [3.63, 3.8) is 0 Å². The fourth-order valence-corrected chi connectivity index (χ4v) is 1.59. The van der Waals surface area contributed by atoms with E-state index in [4.69, 9.17) is 4.74 Å². The molecule has 4 heteroatoms. The van der Waals surface area contributed by atoms with Gasteiger partial charge in [0.1, 0.15) is 6.33 Å². The number of rotatable bonds is 5. The average molecular weight is 229 g/mol. The number of nitrogens with zero attached hydrogens (tertiary/aromatic N) is 2. The quantitative estimate of drug-likeness (QED) is 0.854. The van der Waals surface area contributed by atoms with Gasteiger partial charge in [-0.2, -0.15) is 0 Å². The third-order valence-corrected chi connectivity index (χ3v) is 2.41. The Balaban J connectivity index is 2.03. The Kier molecular flexibility index (Phi) is 4.05. The van der Waals surface area contributed by atoms with Crippen molar-refractivity contribution < 1.29 is 4.74 Å². The highest BCUT2D eigenvalue weighted by molar-refractivity contribution is 5.50. The number of ether oxygens (including phenoxy) is 1. The maximum absolute atomic E-state index is 5.16. The van der Waals surface area contributed by atoms with Crippen molar-refractivity contribution in [2.75, 3.05) is 12.4 Å². The molecule has 2 rings (SSSR count). The van der Waals surface area contributed by atoms with Crippen LogP contribution in [0.3, 0.4) is 0 Å². The Labute approximate surface area is 101 Å². The maximum Gasteiger partial charge on any atom is 0.115 e. The second-order valence-electron chi connectivity index (χ2n) is 3.69. The minimum absolute atomic E-state index is 0.606. The lowest BCUT2D eigenvalue weighted by atomic mass is 10.2. The van der Waals surface area contributed by atoms with Crippen LogP contribution in [0.5, 0.6) is 0 Å². The number of hydrogen-bond donors (Lipinski definition) is 1. The predicted molar refractivity (Wildman–Crippen MR) is 66.5 cm³/mol. The van der Waals surface area contributed by atoms with Gasteiger partial charge in [0.2, 0.25) is 0 Å². The molecule has 1 heterocycles. The Morgan fingerprint density at radius 3 is 2.71 bits per heavy atom. The van der Waals surface area contributed by atoms with Gasteiger partial charge < -0.3 is 10.1 Å². The number of benzene rings is 1. The summed E-state index contributed by atoms with van der Waals surface area (Å²) in [5.41, 5.74) is 3.28. The van der Waals surface area contributed by atoms with Gasteiger partial charge in [0, 0.05) is 42.9 Å². The lowest BCUT2D eigenvalue weighted by Gasteiger charge is -2.11. The van der Waals surface area contributed by atoms with E-state index in [2.05, 4.69) is 15.3 Å². The third-order valence-electron chi connectivity index (χ3n) is 2.41. The number of hydrogen-bond acceptors (Lipinski definition) is 4. The SMILES string of the molecule is COCc1ccccc1NCc1cncnc1. The van der Waals surface area contributed by atoms with Gasteiger partial charge in [0.15, 0.2) is 0 Å². The predicted octanol–water partition coefficient (Wildman–Crippen LogP) is 2.24. The second kappa shape index (κ2) is 5.96. The highest BCUT2D eigenvalue weighted by Crippen LogP contribution is 2.16. The number of methoxy groups -OCH3 is 1. The second-order valence-corrected chi connectivity index (χ2v) is 3.69. The monoisotopic (exact) mass is 229 g/mol. The van der Waals surface area contributed by atoms with Crippen LogP contribution in [0.1, 0.15) is 11.1 Å². The third kappa shape index (κ3) is 3.26. The first-order valence-electron chi connectivity index (χ1n) is 5.45. The molecule has 0 unspecified atom stereocenters. The standard InChI is InChI=1S/C13H15N3O/c1-17-9-12-4-2-3-5-13(12)16-8-11-6-14-10-15-7-11/h2-7,10,16H,8-9H2,1H3. The van der Waals surface area contributed by atoms with Crippen molar-refractivity contribution in [2.45, 2.75) is 13.2 Å². The molecule has 0 bridgehead atoms. The largest absolute Gasteiger partial charge is 0.381 e. The first-order valence-corrected chi connectivity index (χ1v) is 5.45. The zero-order valence-electron chi connectivity index (χ0n) is 9.76. The fraction of sp³-hybridized carbons (Fsp3) is 0.231. The fourth-order valence-electron chi connectivity index (χ4n) is 1.59. The van der Waals surface area contributed by atoms with E-state index in [1.807, 2.05) is 24.3 Å². The van der Waals surface area contributed by atoms with Crippen LogP contribution in [0, 0.1) is 0 Å². The van der Waals surface area contributed by atoms with Gasteiger partial charge in [-0.1, -0.05) is 18.2 Å². The molecular weight excluding hydrogens is 214 g/mol. The van der Waals surface area contributed by atoms with Crippen LogP contribution < -0.4 is 5.32 Å². The summed E-state index contributed by atoms with van der Waals surface area (Å²) in [7, 11) is 1.70. The summed E-state index contributed by atoms with van der Waals surface area (Å²) in [5, 5.41) is 3.35. The first-order chi connectivity index (χ1) is 8.40. The topological polar surface area (TPSA) is 47.0 Å². The number of para-hydroxylation sites is 1. The molecule has 1 aromatic heterocycles. The van der Waals surface area contributed by atoms with Crippen LogP contribution in [0.2, 0.25) is 0 Å². The van der Waals surface area contributed by atoms with Crippen LogP contribution in [0.4, 0.5) is 5.69 Å². The molecule has 0 atom stereocenters. The summed E-state index contributed by atoms with van der Waals surface area (Å²) < 4.78 is 5.16. The van der Waals surface area contributed by atoms with E-state index in [9.17, 15) is 0 Å². The van der Waals surface area contributed by atoms with E-state index in [0.717, 1.165) is 16.8 Å². The van der Waals surface area contributed by atoms with Gasteiger partial charge in [-0.3, -0.25) is 0 Å². The molecule has 1 aromatic carbocycles. The number of nitrogens with one attached hydrogen (secondary N) is 1. The Bertz CT molecular complexity index is 459. The van der Waals surface area contributed by atoms with Gasteiger partial charge in [-0.05, 0) is 6.07 Å². The highest BCUT2D eigenvalue weighted by atomic mass is 16.5. The van der Waals surface area contributed by atoms with Crippen molar-refractivity contribution in [3.8, 4) is 0 Å². The minimum atomic E-state index is 0.606. The van der Waals surface area contributed by atoms with Gasteiger partial charge in [-0.15, -0.1) is 0 Å². The van der Waals surface area contributed by atoms with Gasteiger partial charge in [-0.25, -0.2) is 9.97 Å². The molecule has 17 heavy (non-hydrogen) atoms. The lowest BCUT2D eigenvalue weighted by molar-refractivity contribution is 0.185. The lowest BCUT2D eigenvalue weighted by Crippen LogP contribution is -2.03. The van der Waals surface area contributed by atoms with E-state index < -0.39 is 0 Å². The number of aromatic nitrogens is 2. The van der Waals surface area contributed by atoms with Crippen molar-refractivity contribution in [3.05, 3.63) is 54.1 Å². The molecule has 0 fully saturated rings. The molecule has 0 saturated carbocycles. The van der Waals surface area contributed by atoms with Crippen LogP contribution in [-0.2, 0) is 17.9 Å². The zero-order valence-corrected chi connectivity index (χ0v) is 9.76. The van der Waals surface area contributed by atoms with Gasteiger partial charge >= 0.3 is 0 Å². The normalized spacial score (nSPS) is 10.2. The van der Waals surface area contributed by atoms with E-state index in [-0.39, 0.29) is 0 Å². The van der Waals surface area contributed by atoms with Crippen LogP contribution in [-0.4, -0.2) is 17.1 Å². The Morgan fingerprint density at radius 1 is 1.18 bits per heavy atom. The summed E-state index contributed by atoms with van der Waals surface area (Å²) in [6, 6.07) is 8.10. The molecular formula is C13H15N3O. The van der Waals surface area contributed by atoms with Crippen LogP contribution in [0.25, 0.3) is 0 Å². The Hall–Kier alpha value is -1.94. The minimum Gasteiger partial charge on any atom is -0.381 e. The Morgan fingerprint density at radius 2 is 1.94 bits per heavy atom. The zero-order chi connectivity index (χ0) is 11.9. The van der Waals surface area contributed by atoms with Gasteiger partial charge in [0.05, 0.1) is 6.61 Å². The van der Waals surface area contributed by atoms with Crippen molar-refractivity contribution in [1.82, 2.24) is 9.97 Å². The van der Waals surface area contributed by atoms with E-state index in [0.29, 0.717) is 13.2 Å². The molecule has 1 N–H and O–H groups in total. The molecule has 2 aromatic rings. The summed E-state index contributed by atoms with van der Waals surface area (Å²) in [4.78, 5) is 7.96. The number of anilines is 1. The van der Waals surface area contributed by atoms with E-state index >= 15 is 0 Å². The van der Waals surface area contributed by atoms with Crippen LogP contribution in [0.15, 0.2) is 43.0 Å². The summed E-state index contributed by atoms with van der Waals surface area (Å²) in [6.45, 7) is 1.32. The first kappa shape index (κ1) is 11.5. The van der Waals surface area contributed by atoms with Crippen molar-refractivity contribution in [1.29, 1.82) is 0 Å². The average Bonchev–Trinajstić information content (AvgIpc) is 2.39. The molecule has 0 aliphatic carbocycles. The van der Waals surface area contributed by atoms with Gasteiger partial charge in [0.25, 0.3) is 0 Å². The summed E-state index contributed by atoms with van der Waals surface area (Å²) >= 11 is 0. The molecule has 0 saturated heterocycles.